The Kier molecular flexibility index (Phi) is 5.20. The molecule has 0 atom stereocenters. The molecule has 0 amide bonds. The summed E-state index contributed by atoms with van der Waals surface area (Å²) >= 11 is 9.04. The number of benzene rings is 1. The topological polar surface area (TPSA) is 0 Å². The minimum Gasteiger partial charge on any atom is -0.120 e. The van der Waals surface area contributed by atoms with Gasteiger partial charge in [0.15, 0.2) is 0 Å². The van der Waals surface area contributed by atoms with Gasteiger partial charge in [-0.2, -0.15) is 0 Å². The van der Waals surface area contributed by atoms with Crippen LogP contribution >= 0.6 is 43.6 Å². The van der Waals surface area contributed by atoms with Gasteiger partial charge < -0.3 is 0 Å². The summed E-state index contributed by atoms with van der Waals surface area (Å²) < 4.78 is 0.259. The highest BCUT2D eigenvalue weighted by Gasteiger charge is 2.16. The summed E-state index contributed by atoms with van der Waals surface area (Å²) in [6.07, 6.45) is 0. The van der Waals surface area contributed by atoms with Crippen molar-refractivity contribution in [3.05, 3.63) is 29.3 Å². The van der Waals surface area contributed by atoms with Crippen LogP contribution in [-0.2, 0) is 10.7 Å². The number of hydrogen-bond donors (Lipinski definition) is 0. The summed E-state index contributed by atoms with van der Waals surface area (Å²) in [6.45, 7) is 6.75. The molecular weight excluding hydrogens is 336 g/mol. The maximum Gasteiger partial charge on any atom is 0.0294 e. The van der Waals surface area contributed by atoms with Crippen molar-refractivity contribution < 1.29 is 0 Å². The summed E-state index contributed by atoms with van der Waals surface area (Å²) in [7, 11) is 0. The van der Waals surface area contributed by atoms with Crippen LogP contribution in [0, 0.1) is 0 Å². The van der Waals surface area contributed by atoms with Gasteiger partial charge in [0.1, 0.15) is 0 Å². The van der Waals surface area contributed by atoms with Crippen molar-refractivity contribution in [3.63, 3.8) is 0 Å². The fourth-order valence-electron chi connectivity index (χ4n) is 1.29. The van der Waals surface area contributed by atoms with Gasteiger partial charge in [0, 0.05) is 20.3 Å². The Bertz CT molecular complexity index is 307. The molecule has 1 rings (SSSR count). The maximum atomic E-state index is 3.55. The van der Waals surface area contributed by atoms with E-state index in [1.165, 1.54) is 16.0 Å². The third kappa shape index (κ3) is 4.12. The van der Waals surface area contributed by atoms with E-state index in [4.69, 9.17) is 0 Å². The smallest absolute Gasteiger partial charge is 0.0294 e. The molecule has 0 spiro atoms. The predicted molar refractivity (Wildman–Crippen MR) is 77.3 cm³/mol. The zero-order valence-electron chi connectivity index (χ0n) is 9.31. The van der Waals surface area contributed by atoms with Gasteiger partial charge in [-0.1, -0.05) is 70.8 Å². The molecule has 0 radical (unpaired) electrons. The summed E-state index contributed by atoms with van der Waals surface area (Å²) in [5.41, 5.74) is 2.76. The molecule has 1 aromatic carbocycles. The van der Waals surface area contributed by atoms with E-state index < -0.39 is 0 Å². The summed E-state index contributed by atoms with van der Waals surface area (Å²) in [5.74, 6) is 0. The van der Waals surface area contributed by atoms with Gasteiger partial charge in [0.05, 0.1) is 0 Å². The van der Waals surface area contributed by atoms with E-state index in [1.807, 2.05) is 11.8 Å². The lowest BCUT2D eigenvalue weighted by Gasteiger charge is -2.21. The van der Waals surface area contributed by atoms with E-state index >= 15 is 0 Å². The molecule has 3 heteroatoms. The molecule has 0 aliphatic carbocycles. The molecule has 0 N–H and O–H groups in total. The van der Waals surface area contributed by atoms with Gasteiger partial charge in [-0.25, -0.2) is 0 Å². The number of hydrogen-bond acceptors (Lipinski definition) is 1. The molecule has 0 fully saturated rings. The molecule has 0 aliphatic heterocycles. The first-order valence-electron chi connectivity index (χ1n) is 4.89. The van der Waals surface area contributed by atoms with Gasteiger partial charge in [0.2, 0.25) is 0 Å². The van der Waals surface area contributed by atoms with E-state index in [1.54, 1.807) is 0 Å². The van der Waals surface area contributed by atoms with Crippen LogP contribution in [0.25, 0.3) is 0 Å². The molecule has 0 nitrogen and oxygen atoms in total. The largest absolute Gasteiger partial charge is 0.120 e. The van der Waals surface area contributed by atoms with Gasteiger partial charge in [-0.15, -0.1) is 11.8 Å². The van der Waals surface area contributed by atoms with E-state index in [2.05, 4.69) is 70.8 Å². The van der Waals surface area contributed by atoms with Crippen molar-refractivity contribution in [2.24, 2.45) is 0 Å². The summed E-state index contributed by atoms with van der Waals surface area (Å²) in [5, 5.41) is 1.85. The van der Waals surface area contributed by atoms with Crippen LogP contribution in [0.3, 0.4) is 0 Å². The van der Waals surface area contributed by atoms with Crippen LogP contribution in [0.2, 0.25) is 0 Å². The predicted octanol–water partition coefficient (Wildman–Crippen LogP) is 5.37. The SMILES string of the molecule is CC(C)(C)Sc1c(CBr)cccc1CBr. The molecule has 1 aromatic rings. The molecule has 0 heterocycles. The lowest BCUT2D eigenvalue weighted by Crippen LogP contribution is -2.08. The van der Waals surface area contributed by atoms with Crippen LogP contribution in [0.4, 0.5) is 0 Å². The molecule has 0 aliphatic rings. The van der Waals surface area contributed by atoms with Crippen molar-refractivity contribution in [2.45, 2.75) is 41.1 Å². The Morgan fingerprint density at radius 1 is 1.07 bits per heavy atom. The van der Waals surface area contributed by atoms with Crippen molar-refractivity contribution in [1.82, 2.24) is 0 Å². The highest BCUT2D eigenvalue weighted by atomic mass is 79.9. The Morgan fingerprint density at radius 2 is 1.53 bits per heavy atom. The fraction of sp³-hybridized carbons (Fsp3) is 0.500. The highest BCUT2D eigenvalue weighted by Crippen LogP contribution is 2.38. The minimum atomic E-state index is 0.259. The Hall–Kier alpha value is 0.530. The van der Waals surface area contributed by atoms with Crippen molar-refractivity contribution in [3.8, 4) is 0 Å². The van der Waals surface area contributed by atoms with Gasteiger partial charge in [0.25, 0.3) is 0 Å². The van der Waals surface area contributed by atoms with Gasteiger partial charge >= 0.3 is 0 Å². The molecule has 84 valence electrons. The molecule has 15 heavy (non-hydrogen) atoms. The lowest BCUT2D eigenvalue weighted by atomic mass is 10.2. The first kappa shape index (κ1) is 13.6. The monoisotopic (exact) mass is 350 g/mol. The maximum absolute atomic E-state index is 3.55. The third-order valence-electron chi connectivity index (χ3n) is 1.87. The zero-order chi connectivity index (χ0) is 11.5. The Morgan fingerprint density at radius 3 is 1.87 bits per heavy atom. The van der Waals surface area contributed by atoms with Gasteiger partial charge in [-0.3, -0.25) is 0 Å². The normalized spacial score (nSPS) is 11.8. The fourth-order valence-corrected chi connectivity index (χ4v) is 3.75. The van der Waals surface area contributed by atoms with E-state index in [0.29, 0.717) is 0 Å². The zero-order valence-corrected chi connectivity index (χ0v) is 13.3. The number of halogens is 2. The first-order chi connectivity index (χ1) is 6.98. The van der Waals surface area contributed by atoms with E-state index in [0.717, 1.165) is 10.7 Å². The first-order valence-corrected chi connectivity index (χ1v) is 7.95. The number of alkyl halides is 2. The van der Waals surface area contributed by atoms with Crippen LogP contribution in [-0.4, -0.2) is 4.75 Å². The molecular formula is C12H16Br2S. The van der Waals surface area contributed by atoms with E-state index in [-0.39, 0.29) is 4.75 Å². The van der Waals surface area contributed by atoms with Crippen LogP contribution in [0.1, 0.15) is 31.9 Å². The lowest BCUT2D eigenvalue weighted by molar-refractivity contribution is 0.801. The van der Waals surface area contributed by atoms with Crippen molar-refractivity contribution in [1.29, 1.82) is 0 Å². The molecule has 0 saturated heterocycles. The quantitative estimate of drug-likeness (QED) is 0.521. The summed E-state index contributed by atoms with van der Waals surface area (Å²) in [4.78, 5) is 1.42. The minimum absolute atomic E-state index is 0.259. The number of thioether (sulfide) groups is 1. The molecule has 0 aromatic heterocycles. The van der Waals surface area contributed by atoms with Crippen molar-refractivity contribution >= 4 is 43.6 Å². The van der Waals surface area contributed by atoms with Crippen LogP contribution < -0.4 is 0 Å². The Labute approximate surface area is 113 Å². The Balaban J connectivity index is 3.11. The van der Waals surface area contributed by atoms with Crippen molar-refractivity contribution in [2.75, 3.05) is 0 Å². The third-order valence-corrected chi connectivity index (χ3v) is 4.42. The second-order valence-corrected chi connectivity index (χ2v) is 7.35. The second kappa shape index (κ2) is 5.74. The number of rotatable bonds is 3. The van der Waals surface area contributed by atoms with Gasteiger partial charge in [-0.05, 0) is 11.1 Å². The average molecular weight is 352 g/mol. The summed E-state index contributed by atoms with van der Waals surface area (Å²) in [6, 6.07) is 6.50. The second-order valence-electron chi connectivity index (χ2n) is 4.39. The van der Waals surface area contributed by atoms with Crippen LogP contribution in [0.15, 0.2) is 23.1 Å². The molecule has 0 bridgehead atoms. The van der Waals surface area contributed by atoms with E-state index in [9.17, 15) is 0 Å². The molecule has 0 saturated carbocycles. The van der Waals surface area contributed by atoms with Crippen LogP contribution in [0.5, 0.6) is 0 Å². The molecule has 0 unspecified atom stereocenters. The highest BCUT2D eigenvalue weighted by molar-refractivity contribution is 9.08. The average Bonchev–Trinajstić information content (AvgIpc) is 2.16. The standard InChI is InChI=1S/C12H16Br2S/c1-12(2,3)15-11-9(7-13)5-4-6-10(11)8-14/h4-6H,7-8H2,1-3H3.